The van der Waals surface area contributed by atoms with Crippen LogP contribution < -0.4 is 0 Å². The van der Waals surface area contributed by atoms with Crippen molar-refractivity contribution in [3.63, 3.8) is 0 Å². The molecule has 0 aromatic carbocycles. The maximum atomic E-state index is 12.5. The van der Waals surface area contributed by atoms with E-state index in [2.05, 4.69) is 0 Å². The number of hydrogen-bond acceptors (Lipinski definition) is 3. The topological polar surface area (TPSA) is 60.9 Å². The molecule has 0 aromatic rings. The lowest BCUT2D eigenvalue weighted by atomic mass is 10.2. The maximum absolute atomic E-state index is 12.5. The maximum Gasteiger partial charge on any atom is 0.317 e. The van der Waals surface area contributed by atoms with Gasteiger partial charge >= 0.3 is 5.97 Å². The van der Waals surface area contributed by atoms with Crippen molar-refractivity contribution in [3.8, 4) is 0 Å². The van der Waals surface area contributed by atoms with Gasteiger partial charge in [-0.25, -0.2) is 0 Å². The van der Waals surface area contributed by atoms with E-state index in [1.54, 1.807) is 0 Å². The summed E-state index contributed by atoms with van der Waals surface area (Å²) in [4.78, 5) is 27.2. The zero-order chi connectivity index (χ0) is 15.3. The smallest absolute Gasteiger partial charge is 0.317 e. The van der Waals surface area contributed by atoms with E-state index in [0.717, 1.165) is 25.7 Å². The van der Waals surface area contributed by atoms with Gasteiger partial charge in [-0.15, -0.1) is 0 Å². The average Bonchev–Trinajstić information content (AvgIpc) is 2.79. The van der Waals surface area contributed by atoms with E-state index in [9.17, 15) is 9.59 Å². The van der Waals surface area contributed by atoms with Crippen LogP contribution in [0.25, 0.3) is 0 Å². The standard InChI is InChI=1S/C15H28N2O3/c1-11(2)17(12(3)4)14(18)9-16(10-15(19)20)13-7-5-6-8-13/h11-13H,5-10H2,1-4H3,(H,19,20). The van der Waals surface area contributed by atoms with E-state index in [4.69, 9.17) is 5.11 Å². The Morgan fingerprint density at radius 1 is 1.05 bits per heavy atom. The third-order valence-electron chi connectivity index (χ3n) is 3.92. The van der Waals surface area contributed by atoms with Crippen LogP contribution >= 0.6 is 0 Å². The molecule has 20 heavy (non-hydrogen) atoms. The first-order valence-electron chi connectivity index (χ1n) is 7.60. The molecule has 0 aliphatic heterocycles. The van der Waals surface area contributed by atoms with Crippen molar-refractivity contribution in [1.29, 1.82) is 0 Å². The molecule has 5 heteroatoms. The molecule has 116 valence electrons. The van der Waals surface area contributed by atoms with Gasteiger partial charge in [0.1, 0.15) is 0 Å². The summed E-state index contributed by atoms with van der Waals surface area (Å²) in [6, 6.07) is 0.520. The van der Waals surface area contributed by atoms with Gasteiger partial charge in [-0.3, -0.25) is 14.5 Å². The number of carboxylic acid groups (broad SMARTS) is 1. The molecular formula is C15H28N2O3. The Bertz CT molecular complexity index is 328. The number of carbonyl (C=O) groups is 2. The first kappa shape index (κ1) is 17.0. The highest BCUT2D eigenvalue weighted by Crippen LogP contribution is 2.23. The summed E-state index contributed by atoms with van der Waals surface area (Å²) in [6.07, 6.45) is 4.27. The minimum Gasteiger partial charge on any atom is -0.480 e. The van der Waals surface area contributed by atoms with E-state index in [0.29, 0.717) is 0 Å². The second-order valence-electron chi connectivity index (χ2n) is 6.23. The molecule has 5 nitrogen and oxygen atoms in total. The quantitative estimate of drug-likeness (QED) is 0.776. The van der Waals surface area contributed by atoms with Gasteiger partial charge in [-0.2, -0.15) is 0 Å². The van der Waals surface area contributed by atoms with E-state index >= 15 is 0 Å². The van der Waals surface area contributed by atoms with Crippen molar-refractivity contribution >= 4 is 11.9 Å². The van der Waals surface area contributed by atoms with Gasteiger partial charge < -0.3 is 10.0 Å². The molecule has 0 atom stereocenters. The Hall–Kier alpha value is -1.10. The van der Waals surface area contributed by atoms with Crippen LogP contribution in [0.1, 0.15) is 53.4 Å². The molecule has 1 aliphatic carbocycles. The van der Waals surface area contributed by atoms with Gasteiger partial charge in [0.25, 0.3) is 0 Å². The molecule has 0 radical (unpaired) electrons. The van der Waals surface area contributed by atoms with Crippen molar-refractivity contribution in [2.75, 3.05) is 13.1 Å². The fourth-order valence-electron chi connectivity index (χ4n) is 3.18. The van der Waals surface area contributed by atoms with Crippen molar-refractivity contribution in [2.24, 2.45) is 0 Å². The first-order chi connectivity index (χ1) is 9.32. The molecule has 1 aliphatic rings. The lowest BCUT2D eigenvalue weighted by Gasteiger charge is -2.34. The number of amides is 1. The molecule has 1 N–H and O–H groups in total. The largest absolute Gasteiger partial charge is 0.480 e. The predicted molar refractivity (Wildman–Crippen MR) is 78.6 cm³/mol. The predicted octanol–water partition coefficient (Wildman–Crippen LogP) is 1.96. The second-order valence-corrected chi connectivity index (χ2v) is 6.23. The van der Waals surface area contributed by atoms with Gasteiger partial charge in [0.2, 0.25) is 5.91 Å². The Morgan fingerprint density at radius 3 is 1.95 bits per heavy atom. The lowest BCUT2D eigenvalue weighted by molar-refractivity contribution is -0.141. The van der Waals surface area contributed by atoms with Gasteiger partial charge in [-0.05, 0) is 40.5 Å². The molecule has 1 amide bonds. The molecule has 0 aromatic heterocycles. The van der Waals surface area contributed by atoms with Crippen LogP contribution in [0.4, 0.5) is 0 Å². The van der Waals surface area contributed by atoms with E-state index in [-0.39, 0.29) is 37.1 Å². The summed E-state index contributed by atoms with van der Waals surface area (Å²) < 4.78 is 0. The minimum atomic E-state index is -0.856. The van der Waals surface area contributed by atoms with E-state index in [1.807, 2.05) is 37.5 Å². The Balaban J connectivity index is 2.72. The van der Waals surface area contributed by atoms with Crippen LogP contribution in [0, 0.1) is 0 Å². The number of carboxylic acids is 1. The fourth-order valence-corrected chi connectivity index (χ4v) is 3.18. The van der Waals surface area contributed by atoms with Crippen molar-refractivity contribution in [3.05, 3.63) is 0 Å². The first-order valence-corrected chi connectivity index (χ1v) is 7.60. The number of carbonyl (C=O) groups excluding carboxylic acids is 1. The number of hydrogen-bond donors (Lipinski definition) is 1. The van der Waals surface area contributed by atoms with Gasteiger partial charge in [-0.1, -0.05) is 12.8 Å². The van der Waals surface area contributed by atoms with Crippen molar-refractivity contribution in [1.82, 2.24) is 9.80 Å². The van der Waals surface area contributed by atoms with Crippen molar-refractivity contribution < 1.29 is 14.7 Å². The second kappa shape index (κ2) is 7.62. The summed E-state index contributed by atoms with van der Waals surface area (Å²) in [7, 11) is 0. The van der Waals surface area contributed by atoms with Crippen LogP contribution in [0.2, 0.25) is 0 Å². The van der Waals surface area contributed by atoms with Crippen LogP contribution in [-0.2, 0) is 9.59 Å². The SMILES string of the molecule is CC(C)N(C(=O)CN(CC(=O)O)C1CCCC1)C(C)C. The van der Waals surface area contributed by atoms with Crippen LogP contribution in [0.5, 0.6) is 0 Å². The third-order valence-corrected chi connectivity index (χ3v) is 3.92. The Morgan fingerprint density at radius 2 is 1.55 bits per heavy atom. The normalized spacial score (nSPS) is 16.4. The zero-order valence-electron chi connectivity index (χ0n) is 13.1. The minimum absolute atomic E-state index is 0.0307. The third kappa shape index (κ3) is 4.78. The lowest BCUT2D eigenvalue weighted by Crippen LogP contribution is -2.50. The highest BCUT2D eigenvalue weighted by atomic mass is 16.4. The fraction of sp³-hybridized carbons (Fsp3) is 0.867. The van der Waals surface area contributed by atoms with E-state index in [1.165, 1.54) is 0 Å². The molecule has 0 heterocycles. The summed E-state index contributed by atoms with van der Waals surface area (Å²) >= 11 is 0. The highest BCUT2D eigenvalue weighted by Gasteiger charge is 2.29. The van der Waals surface area contributed by atoms with Gasteiger partial charge in [0.15, 0.2) is 0 Å². The van der Waals surface area contributed by atoms with E-state index < -0.39 is 5.97 Å². The van der Waals surface area contributed by atoms with Gasteiger partial charge in [0, 0.05) is 18.1 Å². The number of aliphatic carboxylic acids is 1. The Labute approximate surface area is 121 Å². The summed E-state index contributed by atoms with van der Waals surface area (Å²) in [5.74, 6) is -0.825. The molecule has 1 rings (SSSR count). The number of nitrogens with zero attached hydrogens (tertiary/aromatic N) is 2. The van der Waals surface area contributed by atoms with Crippen molar-refractivity contribution in [2.45, 2.75) is 71.5 Å². The molecular weight excluding hydrogens is 256 g/mol. The summed E-state index contributed by atoms with van der Waals surface area (Å²) in [6.45, 7) is 8.15. The highest BCUT2D eigenvalue weighted by molar-refractivity contribution is 5.79. The van der Waals surface area contributed by atoms with Crippen LogP contribution in [0.15, 0.2) is 0 Å². The summed E-state index contributed by atoms with van der Waals surface area (Å²) in [5, 5.41) is 9.05. The van der Waals surface area contributed by atoms with Gasteiger partial charge in [0.05, 0.1) is 13.1 Å². The Kier molecular flexibility index (Phi) is 6.46. The summed E-state index contributed by atoms with van der Waals surface area (Å²) in [5.41, 5.74) is 0. The molecule has 1 saturated carbocycles. The molecule has 0 unspecified atom stereocenters. The van der Waals surface area contributed by atoms with Crippen LogP contribution in [0.3, 0.4) is 0 Å². The monoisotopic (exact) mass is 284 g/mol. The molecule has 0 bridgehead atoms. The molecule has 0 spiro atoms. The average molecular weight is 284 g/mol. The molecule has 0 saturated heterocycles. The molecule has 1 fully saturated rings. The van der Waals surface area contributed by atoms with Crippen LogP contribution in [-0.4, -0.2) is 58.0 Å². The number of rotatable bonds is 7. The zero-order valence-corrected chi connectivity index (χ0v) is 13.1.